The number of rotatable bonds is 4. The summed E-state index contributed by atoms with van der Waals surface area (Å²) in [4.78, 5) is 11.0. The number of hydrogen-bond donors (Lipinski definition) is 0. The highest BCUT2D eigenvalue weighted by atomic mass is 16.1. The van der Waals surface area contributed by atoms with Crippen LogP contribution in [0.1, 0.15) is 18.5 Å². The van der Waals surface area contributed by atoms with Crippen molar-refractivity contribution in [3.8, 4) is 16.9 Å². The molecule has 3 aromatic rings. The average Bonchev–Trinajstić information content (AvgIpc) is 3.01. The third kappa shape index (κ3) is 2.63. The summed E-state index contributed by atoms with van der Waals surface area (Å²) < 4.78 is 1.89. The molecule has 0 spiro atoms. The van der Waals surface area contributed by atoms with Gasteiger partial charge in [0.15, 0.2) is 0 Å². The predicted octanol–water partition coefficient (Wildman–Crippen LogP) is 3.84. The van der Waals surface area contributed by atoms with Gasteiger partial charge in [-0.05, 0) is 18.2 Å². The molecule has 0 saturated carbocycles. The maximum Gasteiger partial charge on any atom is 0.128 e. The fraction of sp³-hybridized carbons (Fsp3) is 0.111. The van der Waals surface area contributed by atoms with Gasteiger partial charge in [0.25, 0.3) is 0 Å². The largest absolute Gasteiger partial charge is 0.303 e. The van der Waals surface area contributed by atoms with Gasteiger partial charge in [0.1, 0.15) is 6.29 Å². The van der Waals surface area contributed by atoms with E-state index in [1.54, 1.807) is 0 Å². The molecule has 0 fully saturated rings. The van der Waals surface area contributed by atoms with Crippen molar-refractivity contribution < 1.29 is 4.79 Å². The van der Waals surface area contributed by atoms with Crippen LogP contribution in [0.15, 0.2) is 66.7 Å². The van der Waals surface area contributed by atoms with Crippen molar-refractivity contribution in [1.82, 2.24) is 9.78 Å². The molecule has 0 bridgehead atoms. The Morgan fingerprint density at radius 1 is 1.00 bits per heavy atom. The highest BCUT2D eigenvalue weighted by Crippen LogP contribution is 2.26. The number of aromatic nitrogens is 2. The fourth-order valence-electron chi connectivity index (χ4n) is 2.27. The zero-order valence-electron chi connectivity index (χ0n) is 11.8. The molecule has 1 aromatic heterocycles. The van der Waals surface area contributed by atoms with Crippen molar-refractivity contribution in [1.29, 1.82) is 0 Å². The molecule has 1 heterocycles. The Morgan fingerprint density at radius 3 is 2.24 bits per heavy atom. The van der Waals surface area contributed by atoms with E-state index in [4.69, 9.17) is 0 Å². The molecular weight excluding hydrogens is 260 g/mol. The Hall–Kier alpha value is -2.68. The monoisotopic (exact) mass is 276 g/mol. The highest BCUT2D eigenvalue weighted by molar-refractivity contribution is 5.66. The smallest absolute Gasteiger partial charge is 0.128 e. The topological polar surface area (TPSA) is 34.9 Å². The molecule has 3 heteroatoms. The first-order valence-corrected chi connectivity index (χ1v) is 6.95. The summed E-state index contributed by atoms with van der Waals surface area (Å²) in [6, 6.07) is 22.0. The molecule has 0 aliphatic rings. The van der Waals surface area contributed by atoms with Crippen molar-refractivity contribution in [2.24, 2.45) is 0 Å². The lowest BCUT2D eigenvalue weighted by Gasteiger charge is -2.07. The lowest BCUT2D eigenvalue weighted by atomic mass is 10.1. The molecule has 2 aromatic carbocycles. The van der Waals surface area contributed by atoms with Crippen molar-refractivity contribution in [2.45, 2.75) is 12.8 Å². The summed E-state index contributed by atoms with van der Waals surface area (Å²) >= 11 is 0. The molecule has 0 aliphatic carbocycles. The third-order valence-corrected chi connectivity index (χ3v) is 3.47. The third-order valence-electron chi connectivity index (χ3n) is 3.47. The van der Waals surface area contributed by atoms with Crippen LogP contribution in [-0.2, 0) is 4.79 Å². The van der Waals surface area contributed by atoms with Crippen LogP contribution in [0.4, 0.5) is 0 Å². The second-order valence-corrected chi connectivity index (χ2v) is 4.99. The van der Waals surface area contributed by atoms with Crippen LogP contribution in [0.5, 0.6) is 0 Å². The number of carbonyl (C=O) groups is 1. The van der Waals surface area contributed by atoms with Gasteiger partial charge in [0.05, 0.1) is 23.0 Å². The van der Waals surface area contributed by atoms with E-state index in [9.17, 15) is 4.79 Å². The zero-order valence-corrected chi connectivity index (χ0v) is 11.8. The number of hydrogen-bond acceptors (Lipinski definition) is 2. The van der Waals surface area contributed by atoms with Crippen LogP contribution in [0.3, 0.4) is 0 Å². The first-order valence-electron chi connectivity index (χ1n) is 6.95. The fourth-order valence-corrected chi connectivity index (χ4v) is 2.27. The van der Waals surface area contributed by atoms with E-state index in [0.29, 0.717) is 0 Å². The SMILES string of the molecule is CC(C=O)c1cc(-c2ccccc2)n(-c2ccccc2)n1. The zero-order chi connectivity index (χ0) is 14.7. The Morgan fingerprint density at radius 2 is 1.62 bits per heavy atom. The molecule has 1 atom stereocenters. The van der Waals surface area contributed by atoms with Gasteiger partial charge in [-0.25, -0.2) is 4.68 Å². The standard InChI is InChI=1S/C18H16N2O/c1-14(13-21)17-12-18(15-8-4-2-5-9-15)20(19-17)16-10-6-3-7-11-16/h2-14H,1H3. The molecule has 104 valence electrons. The second kappa shape index (κ2) is 5.75. The van der Waals surface area contributed by atoms with E-state index in [2.05, 4.69) is 5.10 Å². The maximum atomic E-state index is 11.0. The van der Waals surface area contributed by atoms with E-state index < -0.39 is 0 Å². The highest BCUT2D eigenvalue weighted by Gasteiger charge is 2.15. The number of carbonyl (C=O) groups excluding carboxylic acids is 1. The lowest BCUT2D eigenvalue weighted by Crippen LogP contribution is -2.01. The van der Waals surface area contributed by atoms with Crippen LogP contribution >= 0.6 is 0 Å². The minimum atomic E-state index is -0.211. The first-order chi connectivity index (χ1) is 10.3. The number of para-hydroxylation sites is 1. The molecule has 3 rings (SSSR count). The minimum Gasteiger partial charge on any atom is -0.303 e. The summed E-state index contributed by atoms with van der Waals surface area (Å²) in [6.07, 6.45) is 0.923. The van der Waals surface area contributed by atoms with Gasteiger partial charge in [-0.2, -0.15) is 5.10 Å². The van der Waals surface area contributed by atoms with Gasteiger partial charge < -0.3 is 4.79 Å². The lowest BCUT2D eigenvalue weighted by molar-refractivity contribution is -0.108. The van der Waals surface area contributed by atoms with E-state index in [-0.39, 0.29) is 5.92 Å². The Kier molecular flexibility index (Phi) is 3.65. The molecule has 0 N–H and O–H groups in total. The Balaban J connectivity index is 2.17. The van der Waals surface area contributed by atoms with Gasteiger partial charge in [0.2, 0.25) is 0 Å². The van der Waals surface area contributed by atoms with E-state index in [1.165, 1.54) is 0 Å². The van der Waals surface area contributed by atoms with Crippen molar-refractivity contribution in [3.63, 3.8) is 0 Å². The van der Waals surface area contributed by atoms with E-state index >= 15 is 0 Å². The molecule has 0 radical (unpaired) electrons. The minimum absolute atomic E-state index is 0.211. The van der Waals surface area contributed by atoms with E-state index in [1.807, 2.05) is 78.3 Å². The van der Waals surface area contributed by atoms with E-state index in [0.717, 1.165) is 28.9 Å². The summed E-state index contributed by atoms with van der Waals surface area (Å²) in [6.45, 7) is 1.86. The Bertz CT molecular complexity index is 675. The summed E-state index contributed by atoms with van der Waals surface area (Å²) in [5.74, 6) is -0.211. The molecule has 3 nitrogen and oxygen atoms in total. The molecule has 0 aliphatic heterocycles. The van der Waals surface area contributed by atoms with Crippen molar-refractivity contribution in [2.75, 3.05) is 0 Å². The van der Waals surface area contributed by atoms with Crippen LogP contribution in [0.2, 0.25) is 0 Å². The quantitative estimate of drug-likeness (QED) is 0.678. The van der Waals surface area contributed by atoms with Crippen LogP contribution in [-0.4, -0.2) is 16.1 Å². The van der Waals surface area contributed by atoms with Crippen molar-refractivity contribution >= 4 is 6.29 Å². The number of benzene rings is 2. The van der Waals surface area contributed by atoms with Gasteiger partial charge in [-0.1, -0.05) is 55.5 Å². The molecular formula is C18H16N2O. The summed E-state index contributed by atoms with van der Waals surface area (Å²) in [7, 11) is 0. The normalized spacial score (nSPS) is 12.0. The Labute approximate surface area is 123 Å². The van der Waals surface area contributed by atoms with Crippen molar-refractivity contribution in [3.05, 3.63) is 72.4 Å². The molecule has 21 heavy (non-hydrogen) atoms. The van der Waals surface area contributed by atoms with Crippen LogP contribution in [0.25, 0.3) is 16.9 Å². The first kappa shape index (κ1) is 13.3. The number of nitrogens with zero attached hydrogens (tertiary/aromatic N) is 2. The van der Waals surface area contributed by atoms with Crippen LogP contribution in [0, 0.1) is 0 Å². The summed E-state index contributed by atoms with van der Waals surface area (Å²) in [5, 5.41) is 4.61. The molecule has 0 saturated heterocycles. The summed E-state index contributed by atoms with van der Waals surface area (Å²) in [5.41, 5.74) is 3.84. The predicted molar refractivity (Wildman–Crippen MR) is 83.5 cm³/mol. The van der Waals surface area contributed by atoms with Gasteiger partial charge in [-0.15, -0.1) is 0 Å². The molecule has 1 unspecified atom stereocenters. The number of aldehydes is 1. The average molecular weight is 276 g/mol. The van der Waals surface area contributed by atoms with Gasteiger partial charge in [-0.3, -0.25) is 0 Å². The molecule has 0 amide bonds. The van der Waals surface area contributed by atoms with Gasteiger partial charge >= 0.3 is 0 Å². The second-order valence-electron chi connectivity index (χ2n) is 4.99. The van der Waals surface area contributed by atoms with Gasteiger partial charge in [0, 0.05) is 5.56 Å². The maximum absolute atomic E-state index is 11.0. The van der Waals surface area contributed by atoms with Crippen LogP contribution < -0.4 is 0 Å².